The summed E-state index contributed by atoms with van der Waals surface area (Å²) in [7, 11) is -3.91. The number of ether oxygens (including phenoxy) is 1. The Bertz CT molecular complexity index is 853. The Labute approximate surface area is 206 Å². The van der Waals surface area contributed by atoms with Gasteiger partial charge in [0.15, 0.2) is 17.3 Å². The molecule has 0 heterocycles. The van der Waals surface area contributed by atoms with Gasteiger partial charge < -0.3 is 23.6 Å². The fraction of sp³-hybridized carbons (Fsp3) is 0.118. The molecule has 0 aromatic heterocycles. The van der Waals surface area contributed by atoms with Gasteiger partial charge in [-0.1, -0.05) is 35.9 Å². The molecule has 0 saturated heterocycles. The maximum Gasteiger partial charge on any atom is 1.00 e. The van der Waals surface area contributed by atoms with Gasteiger partial charge in [0.2, 0.25) is 0 Å². The molecular weight excluding hydrogens is 413 g/mol. The Morgan fingerprint density at radius 3 is 2.44 bits per heavy atom. The fourth-order valence-corrected chi connectivity index (χ4v) is 2.68. The van der Waals surface area contributed by atoms with E-state index in [1.165, 1.54) is 31.4 Å². The second-order valence-corrected chi connectivity index (χ2v) is 6.57. The molecule has 0 bridgehead atoms. The first-order valence-electron chi connectivity index (χ1n) is 7.12. The van der Waals surface area contributed by atoms with Crippen LogP contribution in [0.2, 0.25) is 5.02 Å². The minimum absolute atomic E-state index is 0. The molecule has 6 nitrogen and oxygen atoms in total. The van der Waals surface area contributed by atoms with Crippen LogP contribution in [0.25, 0.3) is 6.08 Å². The molecule has 0 aliphatic heterocycles. The van der Waals surface area contributed by atoms with Crippen molar-refractivity contribution in [3.8, 4) is 11.5 Å². The van der Waals surface area contributed by atoms with Crippen molar-refractivity contribution in [2.75, 3.05) is 7.11 Å². The van der Waals surface area contributed by atoms with Gasteiger partial charge in [0.25, 0.3) is 0 Å². The van der Waals surface area contributed by atoms with Crippen LogP contribution in [0.15, 0.2) is 48.5 Å². The number of phosphoric acid groups is 1. The molecule has 2 rings (SSSR count). The summed E-state index contributed by atoms with van der Waals surface area (Å²) in [5, 5.41) is 0.547. The number of hydrogen-bond donors (Lipinski definition) is 0. The zero-order valence-electron chi connectivity index (χ0n) is 15.2. The van der Waals surface area contributed by atoms with Crippen molar-refractivity contribution in [1.82, 2.24) is 0 Å². The van der Waals surface area contributed by atoms with Crippen LogP contribution in [0.3, 0.4) is 0 Å². The summed E-state index contributed by atoms with van der Waals surface area (Å²) in [6.07, 6.45) is 3.01. The fourth-order valence-electron chi connectivity index (χ4n) is 2.08. The zero-order chi connectivity index (χ0) is 18.4. The number of carbonyl (C=O) groups is 1. The molecule has 0 spiro atoms. The molecule has 0 aliphatic rings. The molecule has 0 N–H and O–H groups in total. The summed E-state index contributed by atoms with van der Waals surface area (Å²) in [4.78, 5) is 33.6. The SMILES string of the molecule is COc1ccc(/C=C/C(=O)Cc2cccc(Cl)c2)cc1OP(=O)([O-])[O-].[Na+].[Na+]. The van der Waals surface area contributed by atoms with Crippen molar-refractivity contribution in [1.29, 1.82) is 0 Å². The molecule has 0 radical (unpaired) electrons. The third kappa shape index (κ3) is 9.77. The number of benzene rings is 2. The van der Waals surface area contributed by atoms with E-state index in [4.69, 9.17) is 16.3 Å². The Kier molecular flexibility index (Phi) is 12.4. The smallest absolute Gasteiger partial charge is 0.780 e. The van der Waals surface area contributed by atoms with Gasteiger partial charge in [-0.25, -0.2) is 0 Å². The minimum Gasteiger partial charge on any atom is -0.780 e. The number of phosphoric ester groups is 1. The Morgan fingerprint density at radius 2 is 1.85 bits per heavy atom. The predicted octanol–water partition coefficient (Wildman–Crippen LogP) is -3.61. The van der Waals surface area contributed by atoms with Crippen molar-refractivity contribution in [3.63, 3.8) is 0 Å². The predicted molar refractivity (Wildman–Crippen MR) is 90.4 cm³/mol. The first-order chi connectivity index (χ1) is 11.8. The van der Waals surface area contributed by atoms with E-state index in [1.54, 1.807) is 30.3 Å². The monoisotopic (exact) mass is 426 g/mol. The number of halogens is 1. The standard InChI is InChI=1S/C17H16ClO6P.2Na/c1-23-16-8-6-12(11-17(16)24-25(20,21)22)5-7-15(19)10-13-3-2-4-14(18)9-13;;/h2-9,11H,10H2,1H3,(H2,20,21,22);;/q;2*+1/p-2/b7-5+;;. The molecule has 0 unspecified atom stereocenters. The van der Waals surface area contributed by atoms with Crippen molar-refractivity contribution < 1.29 is 87.5 Å². The Balaban J connectivity index is 0.00000338. The number of methoxy groups -OCH3 is 1. The van der Waals surface area contributed by atoms with Crippen LogP contribution in [0.5, 0.6) is 11.5 Å². The Hall–Kier alpha value is -0.110. The van der Waals surface area contributed by atoms with E-state index in [1.807, 2.05) is 0 Å². The van der Waals surface area contributed by atoms with Crippen LogP contribution in [0.1, 0.15) is 11.1 Å². The van der Waals surface area contributed by atoms with Gasteiger partial charge in [0.1, 0.15) is 7.82 Å². The maximum atomic E-state index is 12.0. The van der Waals surface area contributed by atoms with Crippen molar-refractivity contribution in [3.05, 3.63) is 64.7 Å². The van der Waals surface area contributed by atoms with Crippen LogP contribution in [-0.2, 0) is 15.8 Å². The Morgan fingerprint density at radius 1 is 1.15 bits per heavy atom. The van der Waals surface area contributed by atoms with Gasteiger partial charge in [-0.3, -0.25) is 4.79 Å². The van der Waals surface area contributed by atoms with Crippen molar-refractivity contribution in [2.24, 2.45) is 0 Å². The van der Waals surface area contributed by atoms with E-state index in [-0.39, 0.29) is 82.8 Å². The zero-order valence-corrected chi connectivity index (χ0v) is 20.8. The number of ketones is 1. The second kappa shape index (κ2) is 12.5. The van der Waals surface area contributed by atoms with Crippen LogP contribution in [-0.4, -0.2) is 12.9 Å². The normalized spacial score (nSPS) is 10.7. The van der Waals surface area contributed by atoms with Gasteiger partial charge in [-0.05, 0) is 41.5 Å². The van der Waals surface area contributed by atoms with E-state index in [2.05, 4.69) is 4.52 Å². The third-order valence-electron chi connectivity index (χ3n) is 3.13. The summed E-state index contributed by atoms with van der Waals surface area (Å²) < 4.78 is 20.1. The number of carbonyl (C=O) groups excluding carboxylic acids is 1. The van der Waals surface area contributed by atoms with E-state index in [0.29, 0.717) is 10.6 Å². The molecule has 0 amide bonds. The summed E-state index contributed by atoms with van der Waals surface area (Å²) >= 11 is 5.87. The van der Waals surface area contributed by atoms with Crippen LogP contribution in [0.4, 0.5) is 0 Å². The van der Waals surface area contributed by atoms with Crippen LogP contribution in [0, 0.1) is 0 Å². The van der Waals surface area contributed by atoms with Gasteiger partial charge in [0, 0.05) is 11.4 Å². The largest absolute Gasteiger partial charge is 1.00 e. The summed E-state index contributed by atoms with van der Waals surface area (Å²) in [6, 6.07) is 11.3. The molecule has 132 valence electrons. The van der Waals surface area contributed by atoms with E-state index >= 15 is 0 Å². The molecule has 27 heavy (non-hydrogen) atoms. The van der Waals surface area contributed by atoms with Crippen LogP contribution >= 0.6 is 19.4 Å². The maximum absolute atomic E-state index is 12.0. The number of hydrogen-bond acceptors (Lipinski definition) is 6. The molecule has 0 atom stereocenters. The van der Waals surface area contributed by atoms with E-state index < -0.39 is 7.82 Å². The van der Waals surface area contributed by atoms with Gasteiger partial charge >= 0.3 is 59.1 Å². The molecule has 2 aromatic rings. The molecule has 2 aromatic carbocycles. The molecule has 0 saturated carbocycles. The average Bonchev–Trinajstić information content (AvgIpc) is 2.51. The molecule has 0 aliphatic carbocycles. The van der Waals surface area contributed by atoms with E-state index in [9.17, 15) is 19.1 Å². The third-order valence-corrected chi connectivity index (χ3v) is 3.78. The molecule has 0 fully saturated rings. The molecular formula is C17H14ClNa2O6P. The minimum atomic E-state index is -5.22. The first-order valence-corrected chi connectivity index (χ1v) is 8.96. The topological polar surface area (TPSA) is 98.7 Å². The summed E-state index contributed by atoms with van der Waals surface area (Å²) in [5.74, 6) is -0.312. The number of rotatable bonds is 7. The van der Waals surface area contributed by atoms with E-state index in [0.717, 1.165) is 5.56 Å². The van der Waals surface area contributed by atoms with Crippen molar-refractivity contribution >= 4 is 31.3 Å². The van der Waals surface area contributed by atoms with Gasteiger partial charge in [-0.15, -0.1) is 0 Å². The summed E-state index contributed by atoms with van der Waals surface area (Å²) in [5.41, 5.74) is 1.25. The van der Waals surface area contributed by atoms with Crippen molar-refractivity contribution in [2.45, 2.75) is 6.42 Å². The van der Waals surface area contributed by atoms with Gasteiger partial charge in [0.05, 0.1) is 7.11 Å². The quantitative estimate of drug-likeness (QED) is 0.258. The van der Waals surface area contributed by atoms with Crippen LogP contribution < -0.4 is 78.2 Å². The molecule has 10 heteroatoms. The second-order valence-electron chi connectivity index (χ2n) is 5.06. The number of allylic oxidation sites excluding steroid dienone is 1. The summed E-state index contributed by atoms with van der Waals surface area (Å²) in [6.45, 7) is 0. The average molecular weight is 427 g/mol. The van der Waals surface area contributed by atoms with Gasteiger partial charge in [-0.2, -0.15) is 0 Å². The first kappa shape index (κ1) is 26.9.